The van der Waals surface area contributed by atoms with Gasteiger partial charge in [-0.1, -0.05) is 6.07 Å². The monoisotopic (exact) mass is 284 g/mol. The fourth-order valence-corrected chi connectivity index (χ4v) is 2.46. The van der Waals surface area contributed by atoms with Crippen molar-refractivity contribution in [1.29, 1.82) is 0 Å². The minimum absolute atomic E-state index is 0. The lowest BCUT2D eigenvalue weighted by atomic mass is 10.1. The van der Waals surface area contributed by atoms with Gasteiger partial charge in [-0.05, 0) is 45.4 Å². The second kappa shape index (κ2) is 8.28. The van der Waals surface area contributed by atoms with Crippen LogP contribution in [0.3, 0.4) is 0 Å². The van der Waals surface area contributed by atoms with E-state index in [1.807, 2.05) is 0 Å². The third-order valence-corrected chi connectivity index (χ3v) is 3.50. The Balaban J connectivity index is 0.00000180. The maximum Gasteiger partial charge on any atom is 0.121 e. The fourth-order valence-electron chi connectivity index (χ4n) is 2.46. The standard InChI is InChI=1S/C15H24N2O.ClH/c1-3-17(4-2)13-7-5-8-14(11-13)18-15-9-6-10-16-12-15;/h5,7-8,11,15-16H,3-4,6,9-10,12H2,1-2H3;1H. The molecule has 1 aliphatic rings. The molecule has 0 saturated carbocycles. The summed E-state index contributed by atoms with van der Waals surface area (Å²) in [6.07, 6.45) is 2.69. The minimum Gasteiger partial charge on any atom is -0.489 e. The molecule has 1 heterocycles. The third kappa shape index (κ3) is 4.59. The van der Waals surface area contributed by atoms with Crippen LogP contribution in [0.15, 0.2) is 24.3 Å². The van der Waals surface area contributed by atoms with Gasteiger partial charge in [-0.25, -0.2) is 0 Å². The van der Waals surface area contributed by atoms with Crippen LogP contribution in [-0.2, 0) is 0 Å². The summed E-state index contributed by atoms with van der Waals surface area (Å²) in [7, 11) is 0. The highest BCUT2D eigenvalue weighted by Crippen LogP contribution is 2.23. The molecule has 1 unspecified atom stereocenters. The van der Waals surface area contributed by atoms with Gasteiger partial charge in [0, 0.05) is 31.4 Å². The van der Waals surface area contributed by atoms with Crippen molar-refractivity contribution < 1.29 is 4.74 Å². The minimum atomic E-state index is 0. The van der Waals surface area contributed by atoms with Gasteiger partial charge in [-0.15, -0.1) is 12.4 Å². The molecule has 1 saturated heterocycles. The number of halogens is 1. The van der Waals surface area contributed by atoms with Crippen molar-refractivity contribution in [1.82, 2.24) is 5.32 Å². The number of rotatable bonds is 5. The molecule has 19 heavy (non-hydrogen) atoms. The summed E-state index contributed by atoms with van der Waals surface area (Å²) in [5.74, 6) is 0.994. The fraction of sp³-hybridized carbons (Fsp3) is 0.600. The first-order chi connectivity index (χ1) is 8.83. The van der Waals surface area contributed by atoms with Crippen LogP contribution in [0.2, 0.25) is 0 Å². The SMILES string of the molecule is CCN(CC)c1cccc(OC2CCCNC2)c1.Cl. The number of hydrogen-bond donors (Lipinski definition) is 1. The van der Waals surface area contributed by atoms with E-state index in [1.165, 1.54) is 12.1 Å². The van der Waals surface area contributed by atoms with E-state index < -0.39 is 0 Å². The maximum absolute atomic E-state index is 6.05. The number of nitrogens with one attached hydrogen (secondary N) is 1. The number of nitrogens with zero attached hydrogens (tertiary/aromatic N) is 1. The molecule has 0 bridgehead atoms. The van der Waals surface area contributed by atoms with E-state index in [0.29, 0.717) is 6.10 Å². The first-order valence-electron chi connectivity index (χ1n) is 7.06. The van der Waals surface area contributed by atoms with Gasteiger partial charge in [0.15, 0.2) is 0 Å². The second-order valence-electron chi connectivity index (χ2n) is 4.76. The predicted octanol–water partition coefficient (Wildman–Crippen LogP) is 3.09. The summed E-state index contributed by atoms with van der Waals surface area (Å²) in [6, 6.07) is 8.45. The zero-order valence-corrected chi connectivity index (χ0v) is 12.7. The van der Waals surface area contributed by atoms with Crippen LogP contribution in [0.5, 0.6) is 5.75 Å². The Morgan fingerprint density at radius 1 is 1.32 bits per heavy atom. The molecule has 0 aliphatic carbocycles. The Labute approximate surface area is 122 Å². The molecule has 108 valence electrons. The van der Waals surface area contributed by atoms with Crippen LogP contribution in [0, 0.1) is 0 Å². The Kier molecular flexibility index (Phi) is 7.03. The van der Waals surface area contributed by atoms with Gasteiger partial charge >= 0.3 is 0 Å². The summed E-state index contributed by atoms with van der Waals surface area (Å²) in [5.41, 5.74) is 1.25. The van der Waals surface area contributed by atoms with Crippen LogP contribution < -0.4 is 15.0 Å². The molecule has 0 aromatic heterocycles. The summed E-state index contributed by atoms with van der Waals surface area (Å²) >= 11 is 0. The molecule has 0 radical (unpaired) electrons. The number of benzene rings is 1. The van der Waals surface area contributed by atoms with Gasteiger partial charge in [-0.2, -0.15) is 0 Å². The van der Waals surface area contributed by atoms with Crippen molar-refractivity contribution in [2.75, 3.05) is 31.1 Å². The zero-order chi connectivity index (χ0) is 12.8. The van der Waals surface area contributed by atoms with Crippen LogP contribution in [0.1, 0.15) is 26.7 Å². The van der Waals surface area contributed by atoms with Crippen LogP contribution >= 0.6 is 12.4 Å². The number of anilines is 1. The van der Waals surface area contributed by atoms with Gasteiger partial charge in [-0.3, -0.25) is 0 Å². The Morgan fingerprint density at radius 3 is 2.74 bits per heavy atom. The van der Waals surface area contributed by atoms with E-state index in [-0.39, 0.29) is 12.4 Å². The van der Waals surface area contributed by atoms with E-state index in [0.717, 1.165) is 38.3 Å². The van der Waals surface area contributed by atoms with Crippen LogP contribution in [0.4, 0.5) is 5.69 Å². The van der Waals surface area contributed by atoms with E-state index in [1.54, 1.807) is 0 Å². The largest absolute Gasteiger partial charge is 0.489 e. The molecular formula is C15H25ClN2O. The lowest BCUT2D eigenvalue weighted by Gasteiger charge is -2.25. The highest BCUT2D eigenvalue weighted by atomic mass is 35.5. The van der Waals surface area contributed by atoms with Crippen LogP contribution in [0.25, 0.3) is 0 Å². The summed E-state index contributed by atoms with van der Waals surface area (Å²) < 4.78 is 6.05. The Bertz CT molecular complexity index is 363. The van der Waals surface area contributed by atoms with E-state index in [9.17, 15) is 0 Å². The first kappa shape index (κ1) is 16.1. The van der Waals surface area contributed by atoms with Gasteiger partial charge < -0.3 is 15.0 Å². The van der Waals surface area contributed by atoms with Crippen molar-refractivity contribution in [3.63, 3.8) is 0 Å². The average Bonchev–Trinajstić information content (AvgIpc) is 2.42. The lowest BCUT2D eigenvalue weighted by Crippen LogP contribution is -2.37. The van der Waals surface area contributed by atoms with Gasteiger partial charge in [0.2, 0.25) is 0 Å². The molecule has 1 N–H and O–H groups in total. The van der Waals surface area contributed by atoms with Crippen molar-refractivity contribution >= 4 is 18.1 Å². The highest BCUT2D eigenvalue weighted by molar-refractivity contribution is 5.85. The molecule has 1 aromatic rings. The molecular weight excluding hydrogens is 260 g/mol. The van der Waals surface area contributed by atoms with Gasteiger partial charge in [0.05, 0.1) is 0 Å². The molecule has 1 fully saturated rings. The Hall–Kier alpha value is -0.930. The summed E-state index contributed by atoms with van der Waals surface area (Å²) in [6.45, 7) is 8.52. The van der Waals surface area contributed by atoms with E-state index >= 15 is 0 Å². The molecule has 1 aliphatic heterocycles. The highest BCUT2D eigenvalue weighted by Gasteiger charge is 2.14. The normalized spacial score (nSPS) is 18.5. The van der Waals surface area contributed by atoms with E-state index in [4.69, 9.17) is 4.74 Å². The molecule has 0 amide bonds. The Morgan fingerprint density at radius 2 is 2.11 bits per heavy atom. The molecule has 0 spiro atoms. The van der Waals surface area contributed by atoms with E-state index in [2.05, 4.69) is 48.3 Å². The quantitative estimate of drug-likeness (QED) is 0.899. The summed E-state index contributed by atoms with van der Waals surface area (Å²) in [4.78, 5) is 2.34. The zero-order valence-electron chi connectivity index (χ0n) is 11.9. The second-order valence-corrected chi connectivity index (χ2v) is 4.76. The topological polar surface area (TPSA) is 24.5 Å². The molecule has 1 aromatic carbocycles. The van der Waals surface area contributed by atoms with Crippen molar-refractivity contribution in [3.8, 4) is 5.75 Å². The predicted molar refractivity (Wildman–Crippen MR) is 83.8 cm³/mol. The third-order valence-electron chi connectivity index (χ3n) is 3.50. The molecule has 3 nitrogen and oxygen atoms in total. The molecule has 2 rings (SSSR count). The van der Waals surface area contributed by atoms with Gasteiger partial charge in [0.1, 0.15) is 11.9 Å². The number of piperidine rings is 1. The number of ether oxygens (including phenoxy) is 1. The first-order valence-corrected chi connectivity index (χ1v) is 7.06. The maximum atomic E-state index is 6.05. The van der Waals surface area contributed by atoms with Crippen molar-refractivity contribution in [2.45, 2.75) is 32.8 Å². The van der Waals surface area contributed by atoms with Crippen molar-refractivity contribution in [2.24, 2.45) is 0 Å². The van der Waals surface area contributed by atoms with Crippen molar-refractivity contribution in [3.05, 3.63) is 24.3 Å². The van der Waals surface area contributed by atoms with Crippen LogP contribution in [-0.4, -0.2) is 32.3 Å². The smallest absolute Gasteiger partial charge is 0.121 e. The number of hydrogen-bond acceptors (Lipinski definition) is 3. The molecule has 1 atom stereocenters. The van der Waals surface area contributed by atoms with Gasteiger partial charge in [0.25, 0.3) is 0 Å². The lowest BCUT2D eigenvalue weighted by molar-refractivity contribution is 0.167. The average molecular weight is 285 g/mol. The summed E-state index contributed by atoms with van der Waals surface area (Å²) in [5, 5.41) is 3.38. The molecule has 4 heteroatoms.